The lowest BCUT2D eigenvalue weighted by Gasteiger charge is -2.38. The molecule has 0 fully saturated rings. The molecular weight excluding hydrogens is 368 g/mol. The Morgan fingerprint density at radius 2 is 1.96 bits per heavy atom. The van der Waals surface area contributed by atoms with Crippen molar-refractivity contribution in [2.24, 2.45) is 0 Å². The second-order valence-electron chi connectivity index (χ2n) is 7.24. The van der Waals surface area contributed by atoms with E-state index in [1.807, 2.05) is 18.4 Å². The molecule has 0 radical (unpaired) electrons. The zero-order valence-electron chi connectivity index (χ0n) is 17.2. The van der Waals surface area contributed by atoms with Crippen LogP contribution in [0, 0.1) is 18.8 Å². The van der Waals surface area contributed by atoms with Gasteiger partial charge in [-0.3, -0.25) is 4.79 Å². The van der Waals surface area contributed by atoms with Gasteiger partial charge < -0.3 is 9.47 Å². The largest absolute Gasteiger partial charge is 0.493 e. The Kier molecular flexibility index (Phi) is 6.46. The molecule has 4 heteroatoms. The SMILES string of the molecule is CCOC(=O)Cc1sccc1C#Cc1cc2c(cc1C)OCCC2(CC)CC. The van der Waals surface area contributed by atoms with Crippen LogP contribution in [0.4, 0.5) is 0 Å². The smallest absolute Gasteiger partial charge is 0.311 e. The Morgan fingerprint density at radius 1 is 1.21 bits per heavy atom. The number of thiophene rings is 1. The van der Waals surface area contributed by atoms with Crippen molar-refractivity contribution in [2.45, 2.75) is 58.8 Å². The van der Waals surface area contributed by atoms with Crippen LogP contribution >= 0.6 is 11.3 Å². The predicted octanol–water partition coefficient (Wildman–Crippen LogP) is 5.40. The topological polar surface area (TPSA) is 35.5 Å². The molecule has 148 valence electrons. The number of hydrogen-bond donors (Lipinski definition) is 0. The van der Waals surface area contributed by atoms with Crippen LogP contribution in [0.2, 0.25) is 0 Å². The van der Waals surface area contributed by atoms with Crippen molar-refractivity contribution in [3.63, 3.8) is 0 Å². The number of fused-ring (bicyclic) bond motifs is 1. The second-order valence-corrected chi connectivity index (χ2v) is 8.24. The van der Waals surface area contributed by atoms with E-state index in [9.17, 15) is 4.79 Å². The summed E-state index contributed by atoms with van der Waals surface area (Å²) in [6.45, 7) is 9.61. The molecule has 3 rings (SSSR count). The maximum Gasteiger partial charge on any atom is 0.311 e. The van der Waals surface area contributed by atoms with E-state index in [-0.39, 0.29) is 17.8 Å². The van der Waals surface area contributed by atoms with Crippen molar-refractivity contribution in [1.29, 1.82) is 0 Å². The van der Waals surface area contributed by atoms with Gasteiger partial charge in [0.05, 0.1) is 19.6 Å². The molecule has 0 N–H and O–H groups in total. The average Bonchev–Trinajstić information content (AvgIpc) is 3.12. The average molecular weight is 397 g/mol. The van der Waals surface area contributed by atoms with Crippen LogP contribution in [0.1, 0.15) is 67.2 Å². The normalized spacial score (nSPS) is 14.4. The Balaban J connectivity index is 1.94. The number of aryl methyl sites for hydroxylation is 1. The summed E-state index contributed by atoms with van der Waals surface area (Å²) in [5, 5.41) is 1.98. The van der Waals surface area contributed by atoms with Crippen LogP contribution in [0.25, 0.3) is 0 Å². The van der Waals surface area contributed by atoms with Crippen molar-refractivity contribution in [3.05, 3.63) is 50.7 Å². The van der Waals surface area contributed by atoms with Gasteiger partial charge in [-0.1, -0.05) is 25.7 Å². The van der Waals surface area contributed by atoms with E-state index in [1.165, 1.54) is 5.56 Å². The number of esters is 1. The molecule has 2 aromatic rings. The Hall–Kier alpha value is -2.25. The summed E-state index contributed by atoms with van der Waals surface area (Å²) in [5.74, 6) is 7.43. The van der Waals surface area contributed by atoms with Gasteiger partial charge in [0.2, 0.25) is 0 Å². The molecule has 0 unspecified atom stereocenters. The fraction of sp³-hybridized carbons (Fsp3) is 0.458. The van der Waals surface area contributed by atoms with Gasteiger partial charge >= 0.3 is 5.97 Å². The van der Waals surface area contributed by atoms with Gasteiger partial charge in [0.1, 0.15) is 5.75 Å². The predicted molar refractivity (Wildman–Crippen MR) is 114 cm³/mol. The van der Waals surface area contributed by atoms with Crippen LogP contribution in [0.15, 0.2) is 23.6 Å². The maximum atomic E-state index is 11.8. The first-order valence-corrected chi connectivity index (χ1v) is 10.9. The minimum absolute atomic E-state index is 0.176. The third kappa shape index (κ3) is 4.10. The van der Waals surface area contributed by atoms with Gasteiger partial charge in [-0.15, -0.1) is 11.3 Å². The molecule has 1 aromatic carbocycles. The van der Waals surface area contributed by atoms with Gasteiger partial charge in [-0.25, -0.2) is 0 Å². The Morgan fingerprint density at radius 3 is 2.68 bits per heavy atom. The maximum absolute atomic E-state index is 11.8. The quantitative estimate of drug-likeness (QED) is 0.501. The molecule has 1 aliphatic rings. The molecule has 1 aromatic heterocycles. The summed E-state index contributed by atoms with van der Waals surface area (Å²) >= 11 is 1.55. The van der Waals surface area contributed by atoms with E-state index in [4.69, 9.17) is 9.47 Å². The first-order valence-electron chi connectivity index (χ1n) is 10.0. The molecule has 2 heterocycles. The van der Waals surface area contributed by atoms with Crippen molar-refractivity contribution in [1.82, 2.24) is 0 Å². The molecule has 0 saturated heterocycles. The van der Waals surface area contributed by atoms with Crippen LogP contribution in [-0.2, 0) is 21.4 Å². The molecule has 0 bridgehead atoms. The van der Waals surface area contributed by atoms with Crippen molar-refractivity contribution in [3.8, 4) is 17.6 Å². The third-order valence-electron chi connectivity index (χ3n) is 5.78. The fourth-order valence-electron chi connectivity index (χ4n) is 3.89. The summed E-state index contributed by atoms with van der Waals surface area (Å²) in [4.78, 5) is 12.8. The molecule has 0 aliphatic carbocycles. The molecule has 3 nitrogen and oxygen atoms in total. The highest BCUT2D eigenvalue weighted by molar-refractivity contribution is 7.10. The number of rotatable bonds is 5. The zero-order valence-corrected chi connectivity index (χ0v) is 18.0. The van der Waals surface area contributed by atoms with Gasteiger partial charge in [0.25, 0.3) is 0 Å². The second kappa shape index (κ2) is 8.84. The van der Waals surface area contributed by atoms with Gasteiger partial charge in [-0.05, 0) is 62.3 Å². The summed E-state index contributed by atoms with van der Waals surface area (Å²) in [7, 11) is 0. The summed E-state index contributed by atoms with van der Waals surface area (Å²) in [6, 6.07) is 6.33. The molecule has 28 heavy (non-hydrogen) atoms. The minimum atomic E-state index is -0.203. The van der Waals surface area contributed by atoms with Crippen LogP contribution in [0.3, 0.4) is 0 Å². The van der Waals surface area contributed by atoms with Gasteiger partial charge in [0, 0.05) is 27.0 Å². The van der Waals surface area contributed by atoms with E-state index < -0.39 is 0 Å². The van der Waals surface area contributed by atoms with Crippen LogP contribution in [0.5, 0.6) is 5.75 Å². The minimum Gasteiger partial charge on any atom is -0.493 e. The molecular formula is C24H28O3S. The van der Waals surface area contributed by atoms with Gasteiger partial charge in [-0.2, -0.15) is 0 Å². The van der Waals surface area contributed by atoms with Crippen molar-refractivity contribution in [2.75, 3.05) is 13.2 Å². The lowest BCUT2D eigenvalue weighted by molar-refractivity contribution is -0.142. The highest BCUT2D eigenvalue weighted by atomic mass is 32.1. The highest BCUT2D eigenvalue weighted by Crippen LogP contribution is 2.44. The lowest BCUT2D eigenvalue weighted by atomic mass is 9.71. The zero-order chi connectivity index (χ0) is 20.1. The number of benzene rings is 1. The Bertz CT molecular complexity index is 910. The number of carbonyl (C=O) groups is 1. The molecule has 0 spiro atoms. The summed E-state index contributed by atoms with van der Waals surface area (Å²) < 4.78 is 11.0. The van der Waals surface area contributed by atoms with E-state index in [0.29, 0.717) is 6.61 Å². The van der Waals surface area contributed by atoms with Crippen LogP contribution < -0.4 is 4.74 Å². The number of ether oxygens (including phenoxy) is 2. The third-order valence-corrected chi connectivity index (χ3v) is 6.70. The standard InChI is InChI=1S/C24H28O3S/c1-5-24(6-2)11-12-27-21-14-17(4)19(15-20(21)24)9-8-18-10-13-28-22(18)16-23(25)26-7-3/h10,13-15H,5-7,11-12,16H2,1-4H3. The lowest BCUT2D eigenvalue weighted by Crippen LogP contribution is -2.32. The van der Waals surface area contributed by atoms with Crippen LogP contribution in [-0.4, -0.2) is 19.2 Å². The number of carbonyl (C=O) groups excluding carboxylic acids is 1. The summed E-state index contributed by atoms with van der Waals surface area (Å²) in [6.07, 6.45) is 3.53. The molecule has 0 saturated carbocycles. The molecule has 0 amide bonds. The van der Waals surface area contributed by atoms with Crippen molar-refractivity contribution >= 4 is 17.3 Å². The monoisotopic (exact) mass is 396 g/mol. The highest BCUT2D eigenvalue weighted by Gasteiger charge is 2.35. The van der Waals surface area contributed by atoms with E-state index in [2.05, 4.69) is 44.7 Å². The molecule has 1 aliphatic heterocycles. The van der Waals surface area contributed by atoms with E-state index in [1.54, 1.807) is 11.3 Å². The van der Waals surface area contributed by atoms with Gasteiger partial charge in [0.15, 0.2) is 0 Å². The fourth-order valence-corrected chi connectivity index (χ4v) is 4.71. The summed E-state index contributed by atoms with van der Waals surface area (Å²) in [5.41, 5.74) is 4.52. The Labute approximate surface area is 172 Å². The number of hydrogen-bond acceptors (Lipinski definition) is 4. The van der Waals surface area contributed by atoms with Crippen molar-refractivity contribution < 1.29 is 14.3 Å². The first-order chi connectivity index (χ1) is 13.5. The first kappa shape index (κ1) is 20.5. The van der Waals surface area contributed by atoms with E-state index >= 15 is 0 Å². The molecule has 0 atom stereocenters. The van der Waals surface area contributed by atoms with E-state index in [0.717, 1.165) is 53.2 Å².